The Labute approximate surface area is 90.8 Å². The monoisotopic (exact) mass is 209 g/mol. The number of rotatable bonds is 6. The van der Waals surface area contributed by atoms with E-state index in [-0.39, 0.29) is 12.6 Å². The maximum absolute atomic E-state index is 9.71. The Hall–Kier alpha value is -0.900. The van der Waals surface area contributed by atoms with Crippen molar-refractivity contribution >= 4 is 0 Å². The van der Waals surface area contributed by atoms with Gasteiger partial charge in [0.15, 0.2) is 0 Å². The van der Waals surface area contributed by atoms with Gasteiger partial charge in [0.25, 0.3) is 0 Å². The minimum Gasteiger partial charge on any atom is -0.395 e. The second kappa shape index (κ2) is 6.56. The molecule has 0 amide bonds. The van der Waals surface area contributed by atoms with Gasteiger partial charge in [-0.3, -0.25) is 5.32 Å². The van der Waals surface area contributed by atoms with Crippen LogP contribution >= 0.6 is 0 Å². The molecule has 0 aliphatic rings. The molecule has 3 nitrogen and oxygen atoms in total. The fourth-order valence-electron chi connectivity index (χ4n) is 1.47. The molecule has 0 fully saturated rings. The number of hydrogen-bond acceptors (Lipinski definition) is 3. The van der Waals surface area contributed by atoms with Crippen LogP contribution in [0.1, 0.15) is 18.9 Å². The van der Waals surface area contributed by atoms with Gasteiger partial charge in [-0.25, -0.2) is 0 Å². The molecular weight excluding hydrogens is 190 g/mol. The van der Waals surface area contributed by atoms with E-state index in [2.05, 4.69) is 5.32 Å². The highest BCUT2D eigenvalue weighted by molar-refractivity contribution is 5.15. The molecule has 1 rings (SSSR count). The van der Waals surface area contributed by atoms with Crippen molar-refractivity contribution in [3.05, 3.63) is 35.9 Å². The molecule has 0 spiro atoms. The summed E-state index contributed by atoms with van der Waals surface area (Å²) in [5, 5.41) is 21.7. The van der Waals surface area contributed by atoms with E-state index in [1.165, 1.54) is 0 Å². The summed E-state index contributed by atoms with van der Waals surface area (Å²) in [5.41, 5.74) is 1.09. The van der Waals surface area contributed by atoms with Crippen LogP contribution in [0.4, 0.5) is 0 Å². The van der Waals surface area contributed by atoms with Crippen LogP contribution in [0, 0.1) is 0 Å². The van der Waals surface area contributed by atoms with E-state index < -0.39 is 6.23 Å². The van der Waals surface area contributed by atoms with E-state index in [0.29, 0.717) is 6.42 Å². The zero-order valence-corrected chi connectivity index (χ0v) is 9.06. The second-order valence-corrected chi connectivity index (χ2v) is 3.66. The van der Waals surface area contributed by atoms with Crippen LogP contribution in [-0.4, -0.2) is 29.1 Å². The fourth-order valence-corrected chi connectivity index (χ4v) is 1.47. The molecule has 84 valence electrons. The minimum atomic E-state index is -0.593. The number of aliphatic hydroxyl groups excluding tert-OH is 2. The molecule has 0 aliphatic heterocycles. The highest BCUT2D eigenvalue weighted by Gasteiger charge is 2.10. The minimum absolute atomic E-state index is 0.0243. The van der Waals surface area contributed by atoms with E-state index in [1.54, 1.807) is 0 Å². The van der Waals surface area contributed by atoms with E-state index in [0.717, 1.165) is 12.0 Å². The third-order valence-electron chi connectivity index (χ3n) is 2.41. The molecule has 1 aromatic rings. The van der Waals surface area contributed by atoms with Gasteiger partial charge >= 0.3 is 0 Å². The summed E-state index contributed by atoms with van der Waals surface area (Å²) in [6.45, 7) is 2.03. The third-order valence-corrected chi connectivity index (χ3v) is 2.41. The van der Waals surface area contributed by atoms with Gasteiger partial charge in [0.2, 0.25) is 0 Å². The molecule has 3 N–H and O–H groups in total. The van der Waals surface area contributed by atoms with Crippen molar-refractivity contribution in [2.45, 2.75) is 32.0 Å². The van der Waals surface area contributed by atoms with Crippen LogP contribution in [0.15, 0.2) is 30.3 Å². The number of benzene rings is 1. The molecule has 0 bridgehead atoms. The molecule has 1 aromatic carbocycles. The first-order valence-electron chi connectivity index (χ1n) is 5.35. The lowest BCUT2D eigenvalue weighted by molar-refractivity contribution is 0.103. The molecule has 0 aromatic heterocycles. The predicted molar refractivity (Wildman–Crippen MR) is 60.5 cm³/mol. The van der Waals surface area contributed by atoms with Gasteiger partial charge in [0.1, 0.15) is 6.23 Å². The Kier molecular flexibility index (Phi) is 5.32. The van der Waals surface area contributed by atoms with Crippen LogP contribution in [0.2, 0.25) is 0 Å². The molecule has 0 saturated carbocycles. The zero-order chi connectivity index (χ0) is 11.1. The van der Waals surface area contributed by atoms with Crippen molar-refractivity contribution in [1.29, 1.82) is 0 Å². The summed E-state index contributed by atoms with van der Waals surface area (Å²) in [4.78, 5) is 0. The van der Waals surface area contributed by atoms with Crippen LogP contribution < -0.4 is 5.32 Å². The Morgan fingerprint density at radius 3 is 2.47 bits per heavy atom. The maximum Gasteiger partial charge on any atom is 0.109 e. The summed E-state index contributed by atoms with van der Waals surface area (Å²) in [5.74, 6) is 0. The predicted octanol–water partition coefficient (Wildman–Crippen LogP) is 0.908. The summed E-state index contributed by atoms with van der Waals surface area (Å²) >= 11 is 0. The summed E-state index contributed by atoms with van der Waals surface area (Å²) in [7, 11) is 0. The quantitative estimate of drug-likeness (QED) is 0.610. The second-order valence-electron chi connectivity index (χ2n) is 3.66. The Bertz CT molecular complexity index is 260. The summed E-state index contributed by atoms with van der Waals surface area (Å²) in [6, 6.07) is 9.78. The molecule has 0 heterocycles. The van der Waals surface area contributed by atoms with Gasteiger partial charge in [-0.05, 0) is 12.0 Å². The molecular formula is C12H19NO2. The van der Waals surface area contributed by atoms with Gasteiger partial charge in [-0.1, -0.05) is 37.3 Å². The van der Waals surface area contributed by atoms with Gasteiger partial charge < -0.3 is 10.2 Å². The fraction of sp³-hybridized carbons (Fsp3) is 0.500. The van der Waals surface area contributed by atoms with Crippen molar-refractivity contribution < 1.29 is 10.2 Å². The van der Waals surface area contributed by atoms with Crippen molar-refractivity contribution in [3.63, 3.8) is 0 Å². The lowest BCUT2D eigenvalue weighted by atomic mass is 10.1. The van der Waals surface area contributed by atoms with Crippen LogP contribution in [0.25, 0.3) is 0 Å². The topological polar surface area (TPSA) is 52.5 Å². The molecule has 2 unspecified atom stereocenters. The standard InChI is InChI=1S/C12H19NO2/c1-2-11(9-14)13-12(15)8-10-6-4-3-5-7-10/h3-7,11-15H,2,8-9H2,1H3. The van der Waals surface area contributed by atoms with Crippen LogP contribution in [0.5, 0.6) is 0 Å². The lowest BCUT2D eigenvalue weighted by Gasteiger charge is -2.19. The molecule has 2 atom stereocenters. The van der Waals surface area contributed by atoms with Gasteiger partial charge in [0, 0.05) is 12.5 Å². The van der Waals surface area contributed by atoms with Gasteiger partial charge in [-0.2, -0.15) is 0 Å². The van der Waals surface area contributed by atoms with Crippen molar-refractivity contribution in [3.8, 4) is 0 Å². The first-order valence-corrected chi connectivity index (χ1v) is 5.35. The van der Waals surface area contributed by atoms with Gasteiger partial charge in [-0.15, -0.1) is 0 Å². The highest BCUT2D eigenvalue weighted by Crippen LogP contribution is 2.02. The molecule has 0 aliphatic carbocycles. The highest BCUT2D eigenvalue weighted by atomic mass is 16.3. The van der Waals surface area contributed by atoms with Crippen molar-refractivity contribution in [2.24, 2.45) is 0 Å². The van der Waals surface area contributed by atoms with E-state index in [4.69, 9.17) is 5.11 Å². The van der Waals surface area contributed by atoms with Gasteiger partial charge in [0.05, 0.1) is 6.61 Å². The molecule has 15 heavy (non-hydrogen) atoms. The lowest BCUT2D eigenvalue weighted by Crippen LogP contribution is -2.41. The van der Waals surface area contributed by atoms with E-state index in [9.17, 15) is 5.11 Å². The van der Waals surface area contributed by atoms with E-state index in [1.807, 2.05) is 37.3 Å². The number of nitrogens with one attached hydrogen (secondary N) is 1. The average Bonchev–Trinajstić information content (AvgIpc) is 2.27. The molecule has 0 saturated heterocycles. The average molecular weight is 209 g/mol. The maximum atomic E-state index is 9.71. The van der Waals surface area contributed by atoms with Crippen molar-refractivity contribution in [2.75, 3.05) is 6.61 Å². The summed E-state index contributed by atoms with van der Waals surface area (Å²) in [6.07, 6.45) is 0.782. The van der Waals surface area contributed by atoms with Crippen LogP contribution in [0.3, 0.4) is 0 Å². The number of aliphatic hydroxyl groups is 2. The number of hydrogen-bond donors (Lipinski definition) is 3. The summed E-state index contributed by atoms with van der Waals surface area (Å²) < 4.78 is 0. The van der Waals surface area contributed by atoms with E-state index >= 15 is 0 Å². The third kappa shape index (κ3) is 4.42. The zero-order valence-electron chi connectivity index (χ0n) is 9.06. The first-order chi connectivity index (χ1) is 7.26. The van der Waals surface area contributed by atoms with Crippen LogP contribution in [-0.2, 0) is 6.42 Å². The van der Waals surface area contributed by atoms with Crippen molar-refractivity contribution in [1.82, 2.24) is 5.32 Å². The first kappa shape index (κ1) is 12.2. The molecule has 0 radical (unpaired) electrons. The SMILES string of the molecule is CCC(CO)NC(O)Cc1ccccc1. The Morgan fingerprint density at radius 1 is 1.27 bits per heavy atom. The molecule has 3 heteroatoms. The normalized spacial score (nSPS) is 14.9. The Morgan fingerprint density at radius 2 is 1.93 bits per heavy atom. The largest absolute Gasteiger partial charge is 0.395 e. The smallest absolute Gasteiger partial charge is 0.109 e. The Balaban J connectivity index is 2.39.